The average molecular weight is 482 g/mol. The molecule has 4 aromatic rings. The number of anilines is 1. The van der Waals surface area contributed by atoms with E-state index in [1.54, 1.807) is 23.3 Å². The number of nitrogens with zero attached hydrogens (tertiary/aromatic N) is 6. The summed E-state index contributed by atoms with van der Waals surface area (Å²) in [6.07, 6.45) is 5.33. The van der Waals surface area contributed by atoms with Crippen LogP contribution in [-0.4, -0.2) is 44.2 Å². The van der Waals surface area contributed by atoms with Gasteiger partial charge < -0.3 is 10.5 Å². The lowest BCUT2D eigenvalue weighted by atomic mass is 10.1. The van der Waals surface area contributed by atoms with Crippen molar-refractivity contribution in [1.29, 1.82) is 0 Å². The third kappa shape index (κ3) is 5.32. The first kappa shape index (κ1) is 23.2. The summed E-state index contributed by atoms with van der Waals surface area (Å²) in [5, 5.41) is 14.0. The highest BCUT2D eigenvalue weighted by Crippen LogP contribution is 2.35. The average Bonchev–Trinajstić information content (AvgIpc) is 3.39. The summed E-state index contributed by atoms with van der Waals surface area (Å²) < 4.78 is 9.62. The zero-order valence-electron chi connectivity index (χ0n) is 19.3. The topological polar surface area (TPSA) is 96.7 Å². The van der Waals surface area contributed by atoms with E-state index in [0.717, 1.165) is 28.4 Å². The standard InChI is InChI=1S/C23H28ClN7OSi/c1-16-12-26-21(25)11-20(16)31-13-18(22(29-31)17-7-5-6-8-19(17)24)23-28-27-14-30(23)15-32-9-10-33(2,3)4/h5-8,11-14H,9-10,15H2,1-4H3,(H2,25,26). The number of rotatable bonds is 8. The molecule has 0 aliphatic carbocycles. The predicted molar refractivity (Wildman–Crippen MR) is 134 cm³/mol. The molecule has 2 N–H and O–H groups in total. The first-order chi connectivity index (χ1) is 15.7. The van der Waals surface area contributed by atoms with Gasteiger partial charge in [-0.3, -0.25) is 4.57 Å². The van der Waals surface area contributed by atoms with Gasteiger partial charge in [0.2, 0.25) is 0 Å². The maximum atomic E-state index is 6.55. The largest absolute Gasteiger partial charge is 0.384 e. The minimum Gasteiger partial charge on any atom is -0.384 e. The van der Waals surface area contributed by atoms with Gasteiger partial charge in [-0.2, -0.15) is 5.10 Å². The number of pyridine rings is 1. The van der Waals surface area contributed by atoms with Crippen molar-refractivity contribution in [3.8, 4) is 28.3 Å². The smallest absolute Gasteiger partial charge is 0.169 e. The Morgan fingerprint density at radius 1 is 1.15 bits per heavy atom. The second kappa shape index (κ2) is 9.46. The fourth-order valence-electron chi connectivity index (χ4n) is 3.39. The predicted octanol–water partition coefficient (Wildman–Crippen LogP) is 5.05. The summed E-state index contributed by atoms with van der Waals surface area (Å²) in [7, 11) is -1.17. The maximum Gasteiger partial charge on any atom is 0.169 e. The third-order valence-electron chi connectivity index (χ3n) is 5.27. The Hall–Kier alpha value is -3.01. The molecule has 0 fully saturated rings. The molecule has 0 saturated heterocycles. The molecule has 0 bridgehead atoms. The zero-order valence-corrected chi connectivity index (χ0v) is 21.0. The summed E-state index contributed by atoms with van der Waals surface area (Å²) in [6.45, 7) is 10.0. The van der Waals surface area contributed by atoms with Crippen LogP contribution in [-0.2, 0) is 11.5 Å². The van der Waals surface area contributed by atoms with Crippen molar-refractivity contribution in [3.05, 3.63) is 59.6 Å². The van der Waals surface area contributed by atoms with E-state index in [9.17, 15) is 0 Å². The summed E-state index contributed by atoms with van der Waals surface area (Å²) in [4.78, 5) is 4.16. The highest BCUT2D eigenvalue weighted by atomic mass is 35.5. The molecule has 3 aromatic heterocycles. The fraction of sp³-hybridized carbons (Fsp3) is 0.304. The highest BCUT2D eigenvalue weighted by molar-refractivity contribution is 6.76. The van der Waals surface area contributed by atoms with Crippen LogP contribution in [0.15, 0.2) is 49.1 Å². The van der Waals surface area contributed by atoms with Crippen LogP contribution in [0, 0.1) is 6.92 Å². The fourth-order valence-corrected chi connectivity index (χ4v) is 4.37. The molecule has 0 aliphatic heterocycles. The Bertz CT molecular complexity index is 1260. The van der Waals surface area contributed by atoms with Crippen LogP contribution in [0.2, 0.25) is 30.7 Å². The van der Waals surface area contributed by atoms with Crippen molar-refractivity contribution >= 4 is 25.5 Å². The van der Waals surface area contributed by atoms with Crippen LogP contribution >= 0.6 is 11.6 Å². The number of hydrogen-bond donors (Lipinski definition) is 1. The molecule has 3 heterocycles. The number of aromatic nitrogens is 6. The van der Waals surface area contributed by atoms with E-state index >= 15 is 0 Å². The van der Waals surface area contributed by atoms with Crippen molar-refractivity contribution in [2.75, 3.05) is 12.3 Å². The van der Waals surface area contributed by atoms with Crippen LogP contribution in [0.5, 0.6) is 0 Å². The molecular weight excluding hydrogens is 454 g/mol. The molecule has 33 heavy (non-hydrogen) atoms. The molecule has 0 aliphatic rings. The third-order valence-corrected chi connectivity index (χ3v) is 7.30. The van der Waals surface area contributed by atoms with Gasteiger partial charge in [0.1, 0.15) is 24.6 Å². The number of aryl methyl sites for hydroxylation is 1. The van der Waals surface area contributed by atoms with E-state index in [2.05, 4.69) is 34.8 Å². The Morgan fingerprint density at radius 3 is 2.70 bits per heavy atom. The van der Waals surface area contributed by atoms with Crippen molar-refractivity contribution < 1.29 is 4.74 Å². The lowest BCUT2D eigenvalue weighted by Gasteiger charge is -2.15. The normalized spacial score (nSPS) is 11.8. The molecular formula is C23H28ClN7OSi. The Kier molecular flexibility index (Phi) is 6.64. The quantitative estimate of drug-likeness (QED) is 0.279. The molecule has 172 valence electrons. The molecule has 0 radical (unpaired) electrons. The van der Waals surface area contributed by atoms with Crippen molar-refractivity contribution in [3.63, 3.8) is 0 Å². The van der Waals surface area contributed by atoms with E-state index in [0.29, 0.717) is 35.7 Å². The van der Waals surface area contributed by atoms with Gasteiger partial charge in [-0.05, 0) is 24.6 Å². The van der Waals surface area contributed by atoms with Crippen LogP contribution < -0.4 is 5.73 Å². The van der Waals surface area contributed by atoms with Crippen LogP contribution in [0.25, 0.3) is 28.3 Å². The summed E-state index contributed by atoms with van der Waals surface area (Å²) >= 11 is 6.55. The van der Waals surface area contributed by atoms with E-state index in [-0.39, 0.29) is 0 Å². The van der Waals surface area contributed by atoms with Crippen molar-refractivity contribution in [1.82, 2.24) is 29.5 Å². The molecule has 0 amide bonds. The van der Waals surface area contributed by atoms with Crippen molar-refractivity contribution in [2.45, 2.75) is 39.3 Å². The van der Waals surface area contributed by atoms with Crippen LogP contribution in [0.4, 0.5) is 5.82 Å². The van der Waals surface area contributed by atoms with Gasteiger partial charge >= 0.3 is 0 Å². The van der Waals surface area contributed by atoms with E-state index in [4.69, 9.17) is 27.2 Å². The van der Waals surface area contributed by atoms with Crippen molar-refractivity contribution in [2.24, 2.45) is 0 Å². The molecule has 4 rings (SSSR count). The molecule has 0 spiro atoms. The molecule has 0 unspecified atom stereocenters. The molecule has 1 aromatic carbocycles. The Morgan fingerprint density at radius 2 is 1.94 bits per heavy atom. The van der Waals surface area contributed by atoms with Gasteiger partial charge in [0.05, 0.1) is 16.3 Å². The van der Waals surface area contributed by atoms with E-state index in [1.807, 2.05) is 42.0 Å². The van der Waals surface area contributed by atoms with Crippen LogP contribution in [0.3, 0.4) is 0 Å². The Labute approximate surface area is 199 Å². The molecule has 10 heteroatoms. The summed E-state index contributed by atoms with van der Waals surface area (Å²) in [5.41, 5.74) is 10.0. The van der Waals surface area contributed by atoms with Gasteiger partial charge in [0.25, 0.3) is 0 Å². The number of halogens is 1. The zero-order chi connectivity index (χ0) is 23.6. The number of hydrogen-bond acceptors (Lipinski definition) is 6. The van der Waals surface area contributed by atoms with Gasteiger partial charge in [-0.25, -0.2) is 9.67 Å². The van der Waals surface area contributed by atoms with Gasteiger partial charge in [0, 0.05) is 38.7 Å². The van der Waals surface area contributed by atoms with E-state index < -0.39 is 8.07 Å². The first-order valence-electron chi connectivity index (χ1n) is 10.8. The minimum atomic E-state index is -1.17. The number of nitrogens with two attached hydrogens (primary N) is 1. The lowest BCUT2D eigenvalue weighted by Crippen LogP contribution is -2.22. The first-order valence-corrected chi connectivity index (χ1v) is 14.8. The molecule has 0 saturated carbocycles. The Balaban J connectivity index is 1.76. The van der Waals surface area contributed by atoms with Gasteiger partial charge in [-0.15, -0.1) is 10.2 Å². The summed E-state index contributed by atoms with van der Waals surface area (Å²) in [5.74, 6) is 1.08. The van der Waals surface area contributed by atoms with E-state index in [1.165, 1.54) is 0 Å². The summed E-state index contributed by atoms with van der Waals surface area (Å²) in [6, 6.07) is 10.5. The number of nitrogen functional groups attached to an aromatic ring is 1. The maximum absolute atomic E-state index is 6.55. The SMILES string of the molecule is Cc1cnc(N)cc1-n1cc(-c2nncn2COCC[Si](C)(C)C)c(-c2ccccc2Cl)n1. The lowest BCUT2D eigenvalue weighted by molar-refractivity contribution is 0.0880. The monoisotopic (exact) mass is 481 g/mol. The van der Waals surface area contributed by atoms with Gasteiger partial charge in [0.15, 0.2) is 5.82 Å². The number of ether oxygens (including phenoxy) is 1. The second-order valence-corrected chi connectivity index (χ2v) is 15.2. The van der Waals surface area contributed by atoms with Gasteiger partial charge in [-0.1, -0.05) is 49.4 Å². The minimum absolute atomic E-state index is 0.362. The molecule has 0 atom stereocenters. The number of benzene rings is 1. The second-order valence-electron chi connectivity index (χ2n) is 9.18. The molecule has 8 nitrogen and oxygen atoms in total. The van der Waals surface area contributed by atoms with Crippen LogP contribution in [0.1, 0.15) is 5.56 Å². The highest BCUT2D eigenvalue weighted by Gasteiger charge is 2.21.